The quantitative estimate of drug-likeness (QED) is 0.453. The van der Waals surface area contributed by atoms with Crippen LogP contribution in [0, 0.1) is 5.92 Å². The Morgan fingerprint density at radius 3 is 2.72 bits per heavy atom. The lowest BCUT2D eigenvalue weighted by molar-refractivity contribution is 0.0378. The molecule has 0 radical (unpaired) electrons. The second-order valence-corrected chi connectivity index (χ2v) is 9.76. The average Bonchev–Trinajstić information content (AvgIpc) is 2.88. The predicted octanol–water partition coefficient (Wildman–Crippen LogP) is 4.67. The molecule has 36 heavy (non-hydrogen) atoms. The van der Waals surface area contributed by atoms with Crippen LogP contribution in [0.3, 0.4) is 0 Å². The van der Waals surface area contributed by atoms with Crippen LogP contribution in [-0.4, -0.2) is 68.0 Å². The highest BCUT2D eigenvalue weighted by molar-refractivity contribution is 6.31. The third-order valence-electron chi connectivity index (χ3n) is 6.29. The number of hydrogen-bond acceptors (Lipinski definition) is 7. The van der Waals surface area contributed by atoms with Crippen LogP contribution in [0.1, 0.15) is 29.8 Å². The number of carbonyl (C=O) groups is 1. The Morgan fingerprint density at radius 1 is 1.17 bits per heavy atom. The van der Waals surface area contributed by atoms with Crippen LogP contribution in [0.25, 0.3) is 0 Å². The van der Waals surface area contributed by atoms with Crippen molar-refractivity contribution in [1.29, 1.82) is 0 Å². The summed E-state index contributed by atoms with van der Waals surface area (Å²) in [6, 6.07) is 11.8. The summed E-state index contributed by atoms with van der Waals surface area (Å²) in [7, 11) is 1.68. The smallest absolute Gasteiger partial charge is 0.342 e. The van der Waals surface area contributed by atoms with E-state index in [1.807, 2.05) is 44.2 Å². The van der Waals surface area contributed by atoms with E-state index in [1.54, 1.807) is 25.4 Å². The molecule has 1 aromatic carbocycles. The number of ether oxygens (including phenoxy) is 3. The standard InChI is InChI=1S/C28H34ClN3O4/c1-20(2)36-28(33)25-8-5-11-30-27(25)32-14-12-31(13-15-32)18-21-6-4-7-24(16-21)35-19-22-9-10-23(29)17-26(22)34-3/h4-11,16-17,20,22,26H,12-15,18-19H2,1-3H3. The third-order valence-corrected chi connectivity index (χ3v) is 6.54. The molecule has 0 amide bonds. The second-order valence-electron chi connectivity index (χ2n) is 9.33. The molecule has 2 aliphatic rings. The molecule has 0 saturated carbocycles. The zero-order chi connectivity index (χ0) is 25.5. The monoisotopic (exact) mass is 511 g/mol. The first-order valence-corrected chi connectivity index (χ1v) is 12.7. The molecular weight excluding hydrogens is 478 g/mol. The minimum absolute atomic E-state index is 0.0890. The first kappa shape index (κ1) is 26.2. The van der Waals surface area contributed by atoms with Gasteiger partial charge in [-0.05, 0) is 55.8 Å². The molecule has 1 aliphatic carbocycles. The summed E-state index contributed by atoms with van der Waals surface area (Å²) < 4.78 is 17.0. The minimum atomic E-state index is -0.327. The number of rotatable bonds is 9. The van der Waals surface area contributed by atoms with Crippen molar-refractivity contribution in [2.45, 2.75) is 32.6 Å². The summed E-state index contributed by atoms with van der Waals surface area (Å²) >= 11 is 6.09. The maximum atomic E-state index is 12.5. The Kier molecular flexibility index (Phi) is 9.02. The molecule has 2 atom stereocenters. The highest BCUT2D eigenvalue weighted by Crippen LogP contribution is 2.24. The first-order valence-electron chi connectivity index (χ1n) is 12.4. The lowest BCUT2D eigenvalue weighted by Crippen LogP contribution is -2.46. The first-order chi connectivity index (χ1) is 17.4. The number of halogens is 1. The van der Waals surface area contributed by atoms with E-state index >= 15 is 0 Å². The lowest BCUT2D eigenvalue weighted by atomic mass is 9.98. The van der Waals surface area contributed by atoms with Crippen molar-refractivity contribution in [2.24, 2.45) is 5.92 Å². The fraction of sp³-hybridized carbons (Fsp3) is 0.429. The van der Waals surface area contributed by atoms with Gasteiger partial charge in [0.2, 0.25) is 0 Å². The van der Waals surface area contributed by atoms with Gasteiger partial charge in [-0.15, -0.1) is 0 Å². The highest BCUT2D eigenvalue weighted by Gasteiger charge is 2.24. The second kappa shape index (κ2) is 12.4. The van der Waals surface area contributed by atoms with E-state index in [0.717, 1.165) is 38.5 Å². The zero-order valence-corrected chi connectivity index (χ0v) is 21.9. The van der Waals surface area contributed by atoms with Gasteiger partial charge in [-0.3, -0.25) is 4.90 Å². The zero-order valence-electron chi connectivity index (χ0n) is 21.1. The van der Waals surface area contributed by atoms with Crippen LogP contribution in [0.4, 0.5) is 5.82 Å². The Morgan fingerprint density at radius 2 is 1.97 bits per heavy atom. The van der Waals surface area contributed by atoms with Crippen molar-refractivity contribution in [3.8, 4) is 5.75 Å². The van der Waals surface area contributed by atoms with Gasteiger partial charge in [-0.25, -0.2) is 9.78 Å². The predicted molar refractivity (Wildman–Crippen MR) is 142 cm³/mol. The Bertz CT molecular complexity index is 1100. The van der Waals surface area contributed by atoms with Gasteiger partial charge < -0.3 is 19.1 Å². The van der Waals surface area contributed by atoms with Crippen molar-refractivity contribution in [1.82, 2.24) is 9.88 Å². The lowest BCUT2D eigenvalue weighted by Gasteiger charge is -2.36. The van der Waals surface area contributed by atoms with E-state index in [4.69, 9.17) is 25.8 Å². The molecule has 1 aliphatic heterocycles. The van der Waals surface area contributed by atoms with Gasteiger partial charge in [0.25, 0.3) is 0 Å². The van der Waals surface area contributed by atoms with E-state index in [-0.39, 0.29) is 24.1 Å². The number of carbonyl (C=O) groups excluding carboxylic acids is 1. The Hall–Kier alpha value is -2.87. The number of hydrogen-bond donors (Lipinski definition) is 0. The van der Waals surface area contributed by atoms with Crippen LogP contribution in [0.2, 0.25) is 0 Å². The molecule has 1 fully saturated rings. The van der Waals surface area contributed by atoms with Crippen molar-refractivity contribution >= 4 is 23.4 Å². The molecule has 8 heteroatoms. The molecule has 2 heterocycles. The largest absolute Gasteiger partial charge is 0.493 e. The van der Waals surface area contributed by atoms with Gasteiger partial charge in [-0.1, -0.05) is 29.8 Å². The van der Waals surface area contributed by atoms with Gasteiger partial charge >= 0.3 is 5.97 Å². The number of methoxy groups -OCH3 is 1. The van der Waals surface area contributed by atoms with Crippen LogP contribution in [0.15, 0.2) is 65.9 Å². The molecule has 2 aromatic rings. The van der Waals surface area contributed by atoms with E-state index in [2.05, 4.69) is 26.9 Å². The Balaban J connectivity index is 1.31. The fourth-order valence-electron chi connectivity index (χ4n) is 4.44. The summed E-state index contributed by atoms with van der Waals surface area (Å²) in [4.78, 5) is 21.6. The normalized spacial score (nSPS) is 20.4. The molecule has 192 valence electrons. The third kappa shape index (κ3) is 6.87. The summed E-state index contributed by atoms with van der Waals surface area (Å²) in [5, 5.41) is 0.690. The molecule has 1 saturated heterocycles. The number of aromatic nitrogens is 1. The summed E-state index contributed by atoms with van der Waals surface area (Å²) in [6.45, 7) is 8.37. The molecule has 0 bridgehead atoms. The molecule has 1 aromatic heterocycles. The number of nitrogens with zero attached hydrogens (tertiary/aromatic N) is 3. The maximum absolute atomic E-state index is 12.5. The summed E-state index contributed by atoms with van der Waals surface area (Å²) in [5.41, 5.74) is 1.72. The summed E-state index contributed by atoms with van der Waals surface area (Å²) in [6.07, 6.45) is 7.30. The van der Waals surface area contributed by atoms with E-state index in [1.165, 1.54) is 5.56 Å². The van der Waals surface area contributed by atoms with Crippen LogP contribution in [-0.2, 0) is 16.0 Å². The van der Waals surface area contributed by atoms with Gasteiger partial charge in [0.05, 0.1) is 18.8 Å². The molecule has 2 unspecified atom stereocenters. The molecule has 0 spiro atoms. The number of pyridine rings is 1. The van der Waals surface area contributed by atoms with Gasteiger partial charge in [0.15, 0.2) is 0 Å². The van der Waals surface area contributed by atoms with Crippen molar-refractivity contribution in [3.63, 3.8) is 0 Å². The number of allylic oxidation sites excluding steroid dienone is 2. The SMILES string of the molecule is COC1C=C(Cl)C=CC1COc1cccc(CN2CCN(c3ncccc3C(=O)OC(C)C)CC2)c1. The molecule has 4 rings (SSSR count). The fourth-order valence-corrected chi connectivity index (χ4v) is 4.64. The van der Waals surface area contributed by atoms with Crippen molar-refractivity contribution < 1.29 is 19.0 Å². The average molecular weight is 512 g/mol. The number of esters is 1. The van der Waals surface area contributed by atoms with Crippen molar-refractivity contribution in [2.75, 3.05) is 44.8 Å². The van der Waals surface area contributed by atoms with Gasteiger partial charge in [0.1, 0.15) is 17.1 Å². The van der Waals surface area contributed by atoms with Crippen LogP contribution in [0.5, 0.6) is 5.75 Å². The number of piperazine rings is 1. The Labute approximate surface area is 218 Å². The van der Waals surface area contributed by atoms with E-state index < -0.39 is 0 Å². The summed E-state index contributed by atoms with van der Waals surface area (Å²) in [5.74, 6) is 1.33. The highest BCUT2D eigenvalue weighted by atomic mass is 35.5. The molecule has 7 nitrogen and oxygen atoms in total. The van der Waals surface area contributed by atoms with Crippen LogP contribution < -0.4 is 9.64 Å². The van der Waals surface area contributed by atoms with E-state index in [9.17, 15) is 4.79 Å². The number of benzene rings is 1. The van der Waals surface area contributed by atoms with Gasteiger partial charge in [0, 0.05) is 57.0 Å². The van der Waals surface area contributed by atoms with Gasteiger partial charge in [-0.2, -0.15) is 0 Å². The number of anilines is 1. The maximum Gasteiger partial charge on any atom is 0.342 e. The molecular formula is C28H34ClN3O4. The molecule has 0 N–H and O–H groups in total. The topological polar surface area (TPSA) is 64.1 Å². The van der Waals surface area contributed by atoms with Crippen molar-refractivity contribution in [3.05, 3.63) is 77.0 Å². The minimum Gasteiger partial charge on any atom is -0.493 e. The van der Waals surface area contributed by atoms with Crippen LogP contribution >= 0.6 is 11.6 Å². The van der Waals surface area contributed by atoms with E-state index in [0.29, 0.717) is 23.0 Å².